The van der Waals surface area contributed by atoms with E-state index in [0.29, 0.717) is 5.75 Å². The number of non-ortho nitro benzene ring substituents is 1. The van der Waals surface area contributed by atoms with Gasteiger partial charge in [0.1, 0.15) is 5.75 Å². The van der Waals surface area contributed by atoms with E-state index in [4.69, 9.17) is 39.5 Å². The van der Waals surface area contributed by atoms with Crippen molar-refractivity contribution in [2.24, 2.45) is 0 Å². The van der Waals surface area contributed by atoms with E-state index in [1.165, 1.54) is 24.3 Å². The molecule has 25 heavy (non-hydrogen) atoms. The number of nitrogens with zero attached hydrogens (tertiary/aromatic N) is 1. The fourth-order valence-corrected chi connectivity index (χ4v) is 2.33. The fraction of sp³-hybridized carbons (Fsp3) is 0.133. The third-order valence-corrected chi connectivity index (χ3v) is 4.09. The molecule has 1 amide bonds. The van der Waals surface area contributed by atoms with Crippen LogP contribution in [0.15, 0.2) is 53.0 Å². The van der Waals surface area contributed by atoms with Gasteiger partial charge in [0.05, 0.1) is 4.92 Å². The van der Waals surface area contributed by atoms with Gasteiger partial charge in [0.15, 0.2) is 0 Å². The molecule has 0 aliphatic rings. The first kappa shape index (κ1) is 19.8. The number of benzene rings is 2. The molecule has 0 spiro atoms. The largest absolute Gasteiger partial charge is 0.466 e. The number of alkyl halides is 3. The Morgan fingerprint density at radius 1 is 1.12 bits per heavy atom. The third-order valence-electron chi connectivity index (χ3n) is 2.97. The van der Waals surface area contributed by atoms with Crippen LogP contribution in [-0.2, 0) is 0 Å². The van der Waals surface area contributed by atoms with Crippen LogP contribution in [-0.4, -0.2) is 20.9 Å². The third kappa shape index (κ3) is 5.74. The van der Waals surface area contributed by atoms with Crippen molar-refractivity contribution in [3.63, 3.8) is 0 Å². The minimum atomic E-state index is -1.94. The highest BCUT2D eigenvalue weighted by Crippen LogP contribution is 2.32. The van der Waals surface area contributed by atoms with E-state index >= 15 is 0 Å². The normalized spacial score (nSPS) is 12.3. The molecule has 0 heterocycles. The second-order valence-electron chi connectivity index (χ2n) is 4.77. The van der Waals surface area contributed by atoms with Gasteiger partial charge < -0.3 is 10.1 Å². The van der Waals surface area contributed by atoms with Gasteiger partial charge in [-0.05, 0) is 36.4 Å². The van der Waals surface area contributed by atoms with Crippen molar-refractivity contribution in [2.45, 2.75) is 10.0 Å². The van der Waals surface area contributed by atoms with Gasteiger partial charge in [0.2, 0.25) is 10.0 Å². The summed E-state index contributed by atoms with van der Waals surface area (Å²) >= 11 is 20.9. The van der Waals surface area contributed by atoms with Gasteiger partial charge in [-0.25, -0.2) is 0 Å². The number of carbonyl (C=O) groups excluding carboxylic acids is 1. The maximum absolute atomic E-state index is 12.3. The number of nitro groups is 1. The van der Waals surface area contributed by atoms with Gasteiger partial charge in [0.25, 0.3) is 11.6 Å². The summed E-state index contributed by atoms with van der Waals surface area (Å²) in [5.41, 5.74) is 0.0184. The first-order chi connectivity index (χ1) is 11.7. The summed E-state index contributed by atoms with van der Waals surface area (Å²) in [6.45, 7) is 0. The summed E-state index contributed by atoms with van der Waals surface area (Å²) < 4.78 is 4.42. The molecule has 132 valence electrons. The molecule has 0 aromatic heterocycles. The zero-order chi connectivity index (χ0) is 18.6. The van der Waals surface area contributed by atoms with Crippen LogP contribution in [0.4, 0.5) is 5.69 Å². The summed E-state index contributed by atoms with van der Waals surface area (Å²) in [6, 6.07) is 11.7. The van der Waals surface area contributed by atoms with Crippen LogP contribution < -0.4 is 10.1 Å². The molecule has 0 saturated carbocycles. The Kier molecular flexibility index (Phi) is 6.51. The van der Waals surface area contributed by atoms with Crippen LogP contribution >= 0.6 is 50.7 Å². The Labute approximate surface area is 166 Å². The van der Waals surface area contributed by atoms with E-state index < -0.39 is 20.9 Å². The predicted molar refractivity (Wildman–Crippen MR) is 99.4 cm³/mol. The second kappa shape index (κ2) is 8.23. The average molecular weight is 469 g/mol. The van der Waals surface area contributed by atoms with Crippen molar-refractivity contribution in [1.29, 1.82) is 0 Å². The van der Waals surface area contributed by atoms with Crippen LogP contribution in [0.2, 0.25) is 0 Å². The highest BCUT2D eigenvalue weighted by atomic mass is 79.9. The van der Waals surface area contributed by atoms with Gasteiger partial charge in [-0.3, -0.25) is 14.9 Å². The topological polar surface area (TPSA) is 81.5 Å². The number of nitro benzene ring substituents is 1. The van der Waals surface area contributed by atoms with E-state index in [1.54, 1.807) is 24.3 Å². The molecule has 10 heteroatoms. The molecule has 1 N–H and O–H groups in total. The average Bonchev–Trinajstić information content (AvgIpc) is 2.55. The molecule has 0 saturated heterocycles. The maximum Gasteiger partial charge on any atom is 0.269 e. The Hall–Kier alpha value is -1.54. The first-order valence-electron chi connectivity index (χ1n) is 6.71. The van der Waals surface area contributed by atoms with Crippen LogP contribution in [0, 0.1) is 10.1 Å². The maximum atomic E-state index is 12.3. The van der Waals surface area contributed by atoms with Gasteiger partial charge in [-0.15, -0.1) is 0 Å². The Balaban J connectivity index is 2.14. The number of nitrogens with one attached hydrogen (secondary N) is 1. The lowest BCUT2D eigenvalue weighted by atomic mass is 10.2. The highest BCUT2D eigenvalue weighted by molar-refractivity contribution is 9.10. The molecule has 0 bridgehead atoms. The lowest BCUT2D eigenvalue weighted by Gasteiger charge is -2.26. The smallest absolute Gasteiger partial charge is 0.269 e. The quantitative estimate of drug-likeness (QED) is 0.294. The molecule has 0 aliphatic carbocycles. The minimum Gasteiger partial charge on any atom is -0.466 e. The van der Waals surface area contributed by atoms with Crippen molar-refractivity contribution < 1.29 is 14.5 Å². The minimum absolute atomic E-state index is 0.138. The van der Waals surface area contributed by atoms with Crippen LogP contribution in [0.25, 0.3) is 0 Å². The van der Waals surface area contributed by atoms with E-state index in [-0.39, 0.29) is 11.3 Å². The van der Waals surface area contributed by atoms with Gasteiger partial charge in [-0.1, -0.05) is 50.7 Å². The first-order valence-corrected chi connectivity index (χ1v) is 8.64. The summed E-state index contributed by atoms with van der Waals surface area (Å²) in [5, 5.41) is 13.1. The van der Waals surface area contributed by atoms with Crippen LogP contribution in [0.1, 0.15) is 10.4 Å². The lowest BCUT2D eigenvalue weighted by molar-refractivity contribution is -0.384. The second-order valence-corrected chi connectivity index (χ2v) is 8.06. The fourth-order valence-electron chi connectivity index (χ4n) is 1.76. The summed E-state index contributed by atoms with van der Waals surface area (Å²) in [4.78, 5) is 22.4. The number of carbonyl (C=O) groups is 1. The molecule has 1 unspecified atom stereocenters. The summed E-state index contributed by atoms with van der Waals surface area (Å²) in [7, 11) is 0. The number of hydrogen-bond donors (Lipinski definition) is 1. The number of amides is 1. The van der Waals surface area contributed by atoms with Crippen LogP contribution in [0.5, 0.6) is 5.75 Å². The van der Waals surface area contributed by atoms with Gasteiger partial charge >= 0.3 is 0 Å². The molecule has 2 aromatic carbocycles. The highest BCUT2D eigenvalue weighted by Gasteiger charge is 2.36. The van der Waals surface area contributed by atoms with Crippen molar-refractivity contribution >= 4 is 62.3 Å². The van der Waals surface area contributed by atoms with Crippen molar-refractivity contribution in [3.05, 3.63) is 68.7 Å². The number of halogens is 4. The number of ether oxygens (including phenoxy) is 1. The van der Waals surface area contributed by atoms with Crippen molar-refractivity contribution in [1.82, 2.24) is 5.32 Å². The molecule has 6 nitrogen and oxygen atoms in total. The van der Waals surface area contributed by atoms with Crippen LogP contribution in [0.3, 0.4) is 0 Å². The van der Waals surface area contributed by atoms with E-state index in [9.17, 15) is 14.9 Å². The van der Waals surface area contributed by atoms with E-state index in [2.05, 4.69) is 21.2 Å². The van der Waals surface area contributed by atoms with Crippen molar-refractivity contribution in [2.75, 3.05) is 0 Å². The number of rotatable bonds is 5. The molecule has 2 aromatic rings. The Bertz CT molecular complexity index is 764. The SMILES string of the molecule is O=C(NC(Oc1ccc(Br)cc1)C(Cl)(Cl)Cl)c1ccc([N+](=O)[O-])cc1. The molecular weight excluding hydrogens is 458 g/mol. The zero-order valence-corrected chi connectivity index (χ0v) is 16.1. The number of hydrogen-bond acceptors (Lipinski definition) is 4. The summed E-state index contributed by atoms with van der Waals surface area (Å²) in [5.74, 6) is -0.230. The molecule has 2 rings (SSSR count). The molecule has 1 atom stereocenters. The van der Waals surface area contributed by atoms with Gasteiger partial charge in [0, 0.05) is 22.2 Å². The standard InChI is InChI=1S/C15H10BrCl3N2O4/c16-10-3-7-12(8-4-10)25-14(15(17,18)19)20-13(22)9-1-5-11(6-2-9)21(23)24/h1-8,14H,(H,20,22). The monoisotopic (exact) mass is 466 g/mol. The molecule has 0 aliphatic heterocycles. The van der Waals surface area contributed by atoms with Crippen molar-refractivity contribution in [3.8, 4) is 5.75 Å². The van der Waals surface area contributed by atoms with E-state index in [0.717, 1.165) is 4.47 Å². The predicted octanol–water partition coefficient (Wildman–Crippen LogP) is 4.86. The summed E-state index contributed by atoms with van der Waals surface area (Å²) in [6.07, 6.45) is -1.28. The Morgan fingerprint density at radius 3 is 2.16 bits per heavy atom. The molecule has 0 fully saturated rings. The van der Waals surface area contributed by atoms with Gasteiger partial charge in [-0.2, -0.15) is 0 Å². The molecule has 0 radical (unpaired) electrons. The Morgan fingerprint density at radius 2 is 1.68 bits per heavy atom. The van der Waals surface area contributed by atoms with E-state index in [1.807, 2.05) is 0 Å². The zero-order valence-electron chi connectivity index (χ0n) is 12.3. The lowest BCUT2D eigenvalue weighted by Crippen LogP contribution is -2.47. The molecular formula is C15H10BrCl3N2O4.